The van der Waals surface area contributed by atoms with Crippen molar-refractivity contribution in [1.82, 2.24) is 10.6 Å². The van der Waals surface area contributed by atoms with E-state index >= 15 is 0 Å². The van der Waals surface area contributed by atoms with Crippen LogP contribution in [0.25, 0.3) is 0 Å². The van der Waals surface area contributed by atoms with Crippen molar-refractivity contribution in [3.05, 3.63) is 0 Å². The van der Waals surface area contributed by atoms with E-state index in [1.165, 1.54) is 19.3 Å². The summed E-state index contributed by atoms with van der Waals surface area (Å²) in [6.07, 6.45) is 8.26. The van der Waals surface area contributed by atoms with Gasteiger partial charge in [0.2, 0.25) is 0 Å². The molecule has 1 heterocycles. The van der Waals surface area contributed by atoms with Gasteiger partial charge in [0.15, 0.2) is 0 Å². The molecule has 98 valence electrons. The topological polar surface area (TPSA) is 50.4 Å². The first kappa shape index (κ1) is 12.7. The average molecular weight is 240 g/mol. The molecular formula is C13H24N2O2. The highest BCUT2D eigenvalue weighted by Crippen LogP contribution is 2.17. The molecule has 4 nitrogen and oxygen atoms in total. The fraction of sp³-hybridized carbons (Fsp3) is 0.923. The number of ether oxygens (including phenoxy) is 1. The quantitative estimate of drug-likeness (QED) is 0.793. The molecule has 0 unspecified atom stereocenters. The fourth-order valence-corrected chi connectivity index (χ4v) is 2.67. The predicted octanol–water partition coefficient (Wildman–Crippen LogP) is 2.04. The van der Waals surface area contributed by atoms with Gasteiger partial charge in [0.1, 0.15) is 0 Å². The van der Waals surface area contributed by atoms with Crippen LogP contribution in [0.2, 0.25) is 0 Å². The highest BCUT2D eigenvalue weighted by atomic mass is 16.5. The van der Waals surface area contributed by atoms with Crippen molar-refractivity contribution in [2.24, 2.45) is 5.92 Å². The van der Waals surface area contributed by atoms with E-state index in [0.717, 1.165) is 45.4 Å². The summed E-state index contributed by atoms with van der Waals surface area (Å²) in [5, 5.41) is 6.07. The number of nitrogens with one attached hydrogen (secondary N) is 2. The van der Waals surface area contributed by atoms with Gasteiger partial charge in [-0.05, 0) is 31.6 Å². The molecule has 0 aromatic carbocycles. The number of rotatable bonds is 3. The van der Waals surface area contributed by atoms with Crippen LogP contribution in [-0.4, -0.2) is 31.8 Å². The lowest BCUT2D eigenvalue weighted by Gasteiger charge is -2.25. The van der Waals surface area contributed by atoms with Gasteiger partial charge in [-0.1, -0.05) is 19.3 Å². The molecule has 0 radical (unpaired) electrons. The third kappa shape index (κ3) is 4.54. The van der Waals surface area contributed by atoms with E-state index in [-0.39, 0.29) is 6.03 Å². The largest absolute Gasteiger partial charge is 0.381 e. The van der Waals surface area contributed by atoms with Crippen molar-refractivity contribution in [3.63, 3.8) is 0 Å². The number of urea groups is 1. The first-order chi connectivity index (χ1) is 8.34. The Balaban J connectivity index is 1.59. The second-order valence-electron chi connectivity index (χ2n) is 5.25. The summed E-state index contributed by atoms with van der Waals surface area (Å²) in [6, 6.07) is 0.418. The molecule has 0 atom stereocenters. The van der Waals surface area contributed by atoms with Crippen molar-refractivity contribution in [2.45, 2.75) is 51.0 Å². The molecule has 1 aliphatic carbocycles. The molecule has 1 saturated carbocycles. The minimum atomic E-state index is 0.0170. The number of amides is 2. The van der Waals surface area contributed by atoms with Crippen LogP contribution in [0.4, 0.5) is 4.79 Å². The van der Waals surface area contributed by atoms with Crippen LogP contribution in [0.3, 0.4) is 0 Å². The molecular weight excluding hydrogens is 216 g/mol. The van der Waals surface area contributed by atoms with Gasteiger partial charge in [-0.25, -0.2) is 4.79 Å². The Bertz CT molecular complexity index is 234. The highest BCUT2D eigenvalue weighted by molar-refractivity contribution is 5.74. The van der Waals surface area contributed by atoms with E-state index in [0.29, 0.717) is 12.0 Å². The number of hydrogen-bond acceptors (Lipinski definition) is 2. The van der Waals surface area contributed by atoms with Crippen LogP contribution in [0.15, 0.2) is 0 Å². The molecule has 2 amide bonds. The monoisotopic (exact) mass is 240 g/mol. The molecule has 17 heavy (non-hydrogen) atoms. The molecule has 0 spiro atoms. The molecule has 2 aliphatic rings. The molecule has 1 aliphatic heterocycles. The first-order valence-electron chi connectivity index (χ1n) is 6.96. The summed E-state index contributed by atoms with van der Waals surface area (Å²) < 4.78 is 5.30. The fourth-order valence-electron chi connectivity index (χ4n) is 2.67. The Morgan fingerprint density at radius 3 is 2.47 bits per heavy atom. The van der Waals surface area contributed by atoms with E-state index in [1.54, 1.807) is 0 Å². The Kier molecular flexibility index (Phi) is 5.10. The summed E-state index contributed by atoms with van der Waals surface area (Å²) in [5.74, 6) is 0.598. The van der Waals surface area contributed by atoms with Gasteiger partial charge < -0.3 is 15.4 Å². The molecule has 2 fully saturated rings. The van der Waals surface area contributed by atoms with Crippen molar-refractivity contribution >= 4 is 6.03 Å². The second-order valence-corrected chi connectivity index (χ2v) is 5.25. The number of carbonyl (C=O) groups is 1. The van der Waals surface area contributed by atoms with Gasteiger partial charge in [-0.3, -0.25) is 0 Å². The molecule has 4 heteroatoms. The second kappa shape index (κ2) is 6.84. The van der Waals surface area contributed by atoms with Crippen LogP contribution < -0.4 is 10.6 Å². The number of hydrogen-bond donors (Lipinski definition) is 2. The van der Waals surface area contributed by atoms with Gasteiger partial charge >= 0.3 is 6.03 Å². The molecule has 1 saturated heterocycles. The van der Waals surface area contributed by atoms with Crippen LogP contribution >= 0.6 is 0 Å². The summed E-state index contributed by atoms with van der Waals surface area (Å²) in [6.45, 7) is 2.48. The van der Waals surface area contributed by atoms with Crippen LogP contribution in [0.5, 0.6) is 0 Å². The maximum atomic E-state index is 11.7. The average Bonchev–Trinajstić information content (AvgIpc) is 2.39. The molecule has 2 rings (SSSR count). The van der Waals surface area contributed by atoms with E-state index in [2.05, 4.69) is 10.6 Å². The zero-order valence-corrected chi connectivity index (χ0v) is 10.5. The normalized spacial score (nSPS) is 23.3. The third-order valence-electron chi connectivity index (χ3n) is 3.83. The smallest absolute Gasteiger partial charge is 0.315 e. The van der Waals surface area contributed by atoms with E-state index in [4.69, 9.17) is 4.74 Å². The van der Waals surface area contributed by atoms with E-state index in [9.17, 15) is 4.79 Å². The molecule has 0 bridgehead atoms. The van der Waals surface area contributed by atoms with Gasteiger partial charge in [0.25, 0.3) is 0 Å². The maximum absolute atomic E-state index is 11.7. The van der Waals surface area contributed by atoms with Gasteiger partial charge in [-0.2, -0.15) is 0 Å². The molecule has 0 aromatic heterocycles. The Labute approximate surface area is 103 Å². The van der Waals surface area contributed by atoms with E-state index in [1.807, 2.05) is 0 Å². The SMILES string of the molecule is O=C(NCC1CCOCC1)NC1CCCCC1. The van der Waals surface area contributed by atoms with Gasteiger partial charge in [0, 0.05) is 25.8 Å². The maximum Gasteiger partial charge on any atom is 0.315 e. The van der Waals surface area contributed by atoms with Crippen molar-refractivity contribution in [2.75, 3.05) is 19.8 Å². The number of carbonyl (C=O) groups excluding carboxylic acids is 1. The highest BCUT2D eigenvalue weighted by Gasteiger charge is 2.17. The Morgan fingerprint density at radius 1 is 1.06 bits per heavy atom. The van der Waals surface area contributed by atoms with E-state index < -0.39 is 0 Å². The lowest BCUT2D eigenvalue weighted by Crippen LogP contribution is -2.44. The summed E-state index contributed by atoms with van der Waals surface area (Å²) in [4.78, 5) is 11.7. The van der Waals surface area contributed by atoms with Crippen LogP contribution in [0, 0.1) is 5.92 Å². The predicted molar refractivity (Wildman–Crippen MR) is 67.0 cm³/mol. The standard InChI is InChI=1S/C13H24N2O2/c16-13(15-12-4-2-1-3-5-12)14-10-11-6-8-17-9-7-11/h11-12H,1-10H2,(H2,14,15,16). The lowest BCUT2D eigenvalue weighted by molar-refractivity contribution is 0.0669. The van der Waals surface area contributed by atoms with Gasteiger partial charge in [0.05, 0.1) is 0 Å². The minimum absolute atomic E-state index is 0.0170. The zero-order chi connectivity index (χ0) is 11.9. The lowest BCUT2D eigenvalue weighted by atomic mass is 9.96. The van der Waals surface area contributed by atoms with Crippen molar-refractivity contribution < 1.29 is 9.53 Å². The van der Waals surface area contributed by atoms with Crippen LogP contribution in [0.1, 0.15) is 44.9 Å². The minimum Gasteiger partial charge on any atom is -0.381 e. The molecule has 2 N–H and O–H groups in total. The Morgan fingerprint density at radius 2 is 1.76 bits per heavy atom. The first-order valence-corrected chi connectivity index (χ1v) is 6.96. The third-order valence-corrected chi connectivity index (χ3v) is 3.83. The summed E-state index contributed by atoms with van der Waals surface area (Å²) >= 11 is 0. The Hall–Kier alpha value is -0.770. The molecule has 0 aromatic rings. The van der Waals surface area contributed by atoms with Gasteiger partial charge in [-0.15, -0.1) is 0 Å². The zero-order valence-electron chi connectivity index (χ0n) is 10.5. The summed E-state index contributed by atoms with van der Waals surface area (Å²) in [5.41, 5.74) is 0. The van der Waals surface area contributed by atoms with Crippen LogP contribution in [-0.2, 0) is 4.74 Å². The summed E-state index contributed by atoms with van der Waals surface area (Å²) in [7, 11) is 0. The van der Waals surface area contributed by atoms with Crippen molar-refractivity contribution in [3.8, 4) is 0 Å². The van der Waals surface area contributed by atoms with Crippen molar-refractivity contribution in [1.29, 1.82) is 0 Å².